The Balaban J connectivity index is 2.02. The number of rotatable bonds is 1. The molecule has 1 N–H and O–H groups in total. The van der Waals surface area contributed by atoms with Gasteiger partial charge in [-0.15, -0.1) is 0 Å². The van der Waals surface area contributed by atoms with Crippen molar-refractivity contribution in [3.05, 3.63) is 0 Å². The summed E-state index contributed by atoms with van der Waals surface area (Å²) in [5.74, 6) is 0.639. The number of carbonyl (C=O) groups is 1. The topological polar surface area (TPSA) is 40.5 Å². The lowest BCUT2D eigenvalue weighted by Gasteiger charge is -2.27. The van der Waals surface area contributed by atoms with Crippen molar-refractivity contribution in [1.82, 2.24) is 4.90 Å². The number of hydrogen-bond donors (Lipinski definition) is 1. The van der Waals surface area contributed by atoms with Gasteiger partial charge in [-0.3, -0.25) is 4.79 Å². The van der Waals surface area contributed by atoms with Crippen molar-refractivity contribution in [3.8, 4) is 0 Å². The normalized spacial score (nSPS) is 35.7. The van der Waals surface area contributed by atoms with Crippen molar-refractivity contribution < 1.29 is 9.90 Å². The second kappa shape index (κ2) is 2.73. The number of nitrogens with zero attached hydrogens (tertiary/aromatic N) is 1. The zero-order valence-electron chi connectivity index (χ0n) is 7.36. The zero-order chi connectivity index (χ0) is 8.72. The predicted molar refractivity (Wildman–Crippen MR) is 44.5 cm³/mol. The first-order valence-electron chi connectivity index (χ1n) is 4.67. The molecule has 1 saturated heterocycles. The minimum atomic E-state index is -0.815. The number of likely N-dealkylation sites (tertiary alicyclic amines) is 1. The molecule has 1 aliphatic carbocycles. The Kier molecular flexibility index (Phi) is 1.83. The predicted octanol–water partition coefficient (Wildman–Crippen LogP) is 0.378. The van der Waals surface area contributed by atoms with E-state index in [0.717, 1.165) is 18.9 Å². The molecule has 0 aromatic rings. The third kappa shape index (κ3) is 1.12. The highest BCUT2D eigenvalue weighted by molar-refractivity contribution is 5.81. The number of piperidine rings is 1. The van der Waals surface area contributed by atoms with E-state index in [2.05, 4.69) is 0 Å². The Hall–Kier alpha value is -0.570. The van der Waals surface area contributed by atoms with E-state index < -0.39 is 6.10 Å². The zero-order valence-corrected chi connectivity index (χ0v) is 7.36. The Morgan fingerprint density at radius 1 is 1.58 bits per heavy atom. The summed E-state index contributed by atoms with van der Waals surface area (Å²) in [4.78, 5) is 13.3. The standard InChI is InChI=1S/C9H15NO2/c1-6(11)9(12)10-5-7-2-3-8(10)4-7/h6-8,11H,2-5H2,1H3/t6-,7?,8?/m1/s1. The molecule has 1 aliphatic heterocycles. The highest BCUT2D eigenvalue weighted by Crippen LogP contribution is 2.37. The van der Waals surface area contributed by atoms with E-state index in [0.29, 0.717) is 6.04 Å². The molecule has 2 rings (SSSR count). The van der Waals surface area contributed by atoms with Crippen molar-refractivity contribution in [1.29, 1.82) is 0 Å². The largest absolute Gasteiger partial charge is 0.384 e. The van der Waals surface area contributed by atoms with Crippen LogP contribution in [0.15, 0.2) is 0 Å². The molecule has 0 radical (unpaired) electrons. The monoisotopic (exact) mass is 169 g/mol. The van der Waals surface area contributed by atoms with Crippen LogP contribution in [0, 0.1) is 5.92 Å². The fourth-order valence-corrected chi connectivity index (χ4v) is 2.43. The van der Waals surface area contributed by atoms with Gasteiger partial charge in [-0.25, -0.2) is 0 Å². The van der Waals surface area contributed by atoms with E-state index in [9.17, 15) is 4.79 Å². The van der Waals surface area contributed by atoms with E-state index >= 15 is 0 Å². The summed E-state index contributed by atoms with van der Waals surface area (Å²) in [7, 11) is 0. The Morgan fingerprint density at radius 2 is 2.33 bits per heavy atom. The molecule has 1 saturated carbocycles. The highest BCUT2D eigenvalue weighted by Gasteiger charge is 2.40. The molecule has 1 amide bonds. The van der Waals surface area contributed by atoms with Crippen LogP contribution < -0.4 is 0 Å². The average molecular weight is 169 g/mol. The molecule has 12 heavy (non-hydrogen) atoms. The molecule has 0 aromatic heterocycles. The van der Waals surface area contributed by atoms with Gasteiger partial charge in [0.15, 0.2) is 0 Å². The van der Waals surface area contributed by atoms with E-state index in [1.807, 2.05) is 4.90 Å². The SMILES string of the molecule is C[C@@H](O)C(=O)N1CC2CCC1C2. The first-order chi connectivity index (χ1) is 5.68. The first kappa shape index (κ1) is 8.05. The summed E-state index contributed by atoms with van der Waals surface area (Å²) in [6.07, 6.45) is 2.76. The molecule has 3 nitrogen and oxygen atoms in total. The second-order valence-corrected chi connectivity index (χ2v) is 4.00. The van der Waals surface area contributed by atoms with Gasteiger partial charge in [-0.1, -0.05) is 0 Å². The minimum Gasteiger partial charge on any atom is -0.384 e. The van der Waals surface area contributed by atoms with Crippen molar-refractivity contribution in [2.45, 2.75) is 38.3 Å². The van der Waals surface area contributed by atoms with Crippen LogP contribution in [0.2, 0.25) is 0 Å². The first-order valence-corrected chi connectivity index (χ1v) is 4.67. The van der Waals surface area contributed by atoms with Gasteiger partial charge in [0, 0.05) is 12.6 Å². The van der Waals surface area contributed by atoms with Crippen LogP contribution in [0.5, 0.6) is 0 Å². The number of carbonyl (C=O) groups excluding carboxylic acids is 1. The maximum Gasteiger partial charge on any atom is 0.251 e. The van der Waals surface area contributed by atoms with Crippen LogP contribution in [0.1, 0.15) is 26.2 Å². The smallest absolute Gasteiger partial charge is 0.251 e. The summed E-state index contributed by atoms with van der Waals surface area (Å²) >= 11 is 0. The molecule has 2 aliphatic rings. The van der Waals surface area contributed by atoms with Gasteiger partial charge in [0.1, 0.15) is 6.10 Å². The molecular weight excluding hydrogens is 154 g/mol. The van der Waals surface area contributed by atoms with Crippen LogP contribution in [0.3, 0.4) is 0 Å². The van der Waals surface area contributed by atoms with Crippen LogP contribution >= 0.6 is 0 Å². The molecular formula is C9H15NO2. The molecule has 2 fully saturated rings. The van der Waals surface area contributed by atoms with Gasteiger partial charge in [0.2, 0.25) is 0 Å². The van der Waals surface area contributed by atoms with Crippen LogP contribution in [0.4, 0.5) is 0 Å². The number of amides is 1. The van der Waals surface area contributed by atoms with E-state index in [1.165, 1.54) is 12.8 Å². The van der Waals surface area contributed by atoms with Crippen molar-refractivity contribution >= 4 is 5.91 Å². The second-order valence-electron chi connectivity index (χ2n) is 4.00. The summed E-state index contributed by atoms with van der Waals surface area (Å²) in [6.45, 7) is 2.43. The molecule has 0 spiro atoms. The number of aliphatic hydroxyl groups is 1. The third-order valence-electron chi connectivity index (χ3n) is 3.05. The maximum atomic E-state index is 11.4. The number of fused-ring (bicyclic) bond motifs is 2. The quantitative estimate of drug-likeness (QED) is 0.616. The fraction of sp³-hybridized carbons (Fsp3) is 0.889. The summed E-state index contributed by atoms with van der Waals surface area (Å²) in [6, 6.07) is 0.442. The summed E-state index contributed by atoms with van der Waals surface area (Å²) < 4.78 is 0. The highest BCUT2D eigenvalue weighted by atomic mass is 16.3. The molecule has 3 heteroatoms. The summed E-state index contributed by atoms with van der Waals surface area (Å²) in [5.41, 5.74) is 0. The van der Waals surface area contributed by atoms with Gasteiger partial charge in [-0.2, -0.15) is 0 Å². The Morgan fingerprint density at radius 3 is 2.75 bits per heavy atom. The molecule has 3 atom stereocenters. The van der Waals surface area contributed by atoms with Crippen molar-refractivity contribution in [2.24, 2.45) is 5.92 Å². The molecule has 2 unspecified atom stereocenters. The van der Waals surface area contributed by atoms with Gasteiger partial charge in [-0.05, 0) is 32.1 Å². The van der Waals surface area contributed by atoms with Crippen LogP contribution in [0.25, 0.3) is 0 Å². The van der Waals surface area contributed by atoms with Crippen molar-refractivity contribution in [3.63, 3.8) is 0 Å². The third-order valence-corrected chi connectivity index (χ3v) is 3.05. The van der Waals surface area contributed by atoms with E-state index in [-0.39, 0.29) is 5.91 Å². The number of aliphatic hydroxyl groups excluding tert-OH is 1. The molecule has 1 heterocycles. The van der Waals surface area contributed by atoms with Crippen LogP contribution in [-0.2, 0) is 4.79 Å². The van der Waals surface area contributed by atoms with Gasteiger partial charge >= 0.3 is 0 Å². The lowest BCUT2D eigenvalue weighted by atomic mass is 10.1. The van der Waals surface area contributed by atoms with Gasteiger partial charge in [0.25, 0.3) is 5.91 Å². The lowest BCUT2D eigenvalue weighted by molar-refractivity contribution is -0.140. The van der Waals surface area contributed by atoms with E-state index in [4.69, 9.17) is 5.11 Å². The molecule has 68 valence electrons. The average Bonchev–Trinajstić information content (AvgIpc) is 2.62. The summed E-state index contributed by atoms with van der Waals surface area (Å²) in [5, 5.41) is 9.12. The van der Waals surface area contributed by atoms with E-state index in [1.54, 1.807) is 6.92 Å². The molecule has 0 aromatic carbocycles. The van der Waals surface area contributed by atoms with Gasteiger partial charge < -0.3 is 10.0 Å². The van der Waals surface area contributed by atoms with Crippen LogP contribution in [-0.4, -0.2) is 34.6 Å². The fourth-order valence-electron chi connectivity index (χ4n) is 2.43. The van der Waals surface area contributed by atoms with Gasteiger partial charge in [0.05, 0.1) is 0 Å². The van der Waals surface area contributed by atoms with Crippen molar-refractivity contribution in [2.75, 3.05) is 6.54 Å². The Bertz CT molecular complexity index is 203. The number of hydrogen-bond acceptors (Lipinski definition) is 2. The lowest BCUT2D eigenvalue weighted by Crippen LogP contribution is -2.42. The Labute approximate surface area is 72.4 Å². The maximum absolute atomic E-state index is 11.4. The molecule has 2 bridgehead atoms. The minimum absolute atomic E-state index is 0.0813.